The van der Waals surface area contributed by atoms with Crippen LogP contribution >= 0.6 is 12.2 Å². The first-order chi connectivity index (χ1) is 5.20. The van der Waals surface area contributed by atoms with Gasteiger partial charge in [0.15, 0.2) is 0 Å². The van der Waals surface area contributed by atoms with Crippen molar-refractivity contribution in [2.45, 2.75) is 19.4 Å². The molecule has 0 aromatic carbocycles. The maximum absolute atomic E-state index is 5.72. The summed E-state index contributed by atoms with van der Waals surface area (Å²) in [7, 11) is 0. The Labute approximate surface area is 71.0 Å². The third-order valence-corrected chi connectivity index (χ3v) is 1.82. The molecule has 0 fully saturated rings. The molecule has 0 aliphatic heterocycles. The second-order valence-electron chi connectivity index (χ2n) is 2.50. The number of nitrogens with one attached hydrogen (secondary N) is 1. The maximum atomic E-state index is 5.72. The van der Waals surface area contributed by atoms with E-state index in [4.69, 9.17) is 18.0 Å². The number of nitrogens with two attached hydrogens (primary N) is 1. The van der Waals surface area contributed by atoms with Gasteiger partial charge in [0.25, 0.3) is 0 Å². The first kappa shape index (κ1) is 8.36. The van der Waals surface area contributed by atoms with E-state index in [0.717, 1.165) is 17.0 Å². The summed E-state index contributed by atoms with van der Waals surface area (Å²) in [6.07, 6.45) is 4.15. The van der Waals surface area contributed by atoms with Gasteiger partial charge in [-0.15, -0.1) is 0 Å². The number of hydrogen-bond acceptors (Lipinski definition) is 3. The largest absolute Gasteiger partial charge is 0.348 e. The van der Waals surface area contributed by atoms with Crippen LogP contribution in [-0.4, -0.2) is 20.9 Å². The lowest BCUT2D eigenvalue weighted by Crippen LogP contribution is -2.29. The lowest BCUT2D eigenvalue weighted by Gasteiger charge is -2.06. The minimum atomic E-state index is -0.0366. The highest BCUT2D eigenvalue weighted by atomic mass is 32.1. The fourth-order valence-electron chi connectivity index (χ4n) is 0.777. The summed E-state index contributed by atoms with van der Waals surface area (Å²) in [5, 5.41) is 0. The predicted octanol–water partition coefficient (Wildman–Crippen LogP) is 0.669. The zero-order valence-electron chi connectivity index (χ0n) is 6.37. The van der Waals surface area contributed by atoms with Crippen molar-refractivity contribution in [3.8, 4) is 0 Å². The molecule has 4 heteroatoms. The van der Waals surface area contributed by atoms with Crippen LogP contribution < -0.4 is 5.73 Å². The molecule has 3 nitrogen and oxygen atoms in total. The second-order valence-corrected chi connectivity index (χ2v) is 3.14. The van der Waals surface area contributed by atoms with Crippen molar-refractivity contribution in [2.24, 2.45) is 5.73 Å². The van der Waals surface area contributed by atoms with Crippen molar-refractivity contribution in [1.82, 2.24) is 9.97 Å². The molecular formula is C7H11N3S. The van der Waals surface area contributed by atoms with E-state index in [-0.39, 0.29) is 6.04 Å². The van der Waals surface area contributed by atoms with Gasteiger partial charge < -0.3 is 10.7 Å². The molecule has 1 aromatic heterocycles. The third-order valence-electron chi connectivity index (χ3n) is 1.52. The van der Waals surface area contributed by atoms with Gasteiger partial charge in [0.2, 0.25) is 0 Å². The highest BCUT2D eigenvalue weighted by Gasteiger charge is 2.05. The maximum Gasteiger partial charge on any atom is 0.0921 e. The molecule has 1 heterocycles. The fourth-order valence-corrected chi connectivity index (χ4v) is 0.860. The van der Waals surface area contributed by atoms with E-state index >= 15 is 0 Å². The summed E-state index contributed by atoms with van der Waals surface area (Å²) in [6, 6.07) is -0.0366. The molecule has 0 spiro atoms. The van der Waals surface area contributed by atoms with E-state index < -0.39 is 0 Å². The smallest absolute Gasteiger partial charge is 0.0921 e. The van der Waals surface area contributed by atoms with Crippen LogP contribution in [0.5, 0.6) is 0 Å². The average molecular weight is 169 g/mol. The highest BCUT2D eigenvalue weighted by Crippen LogP contribution is 1.97. The molecule has 1 aromatic rings. The van der Waals surface area contributed by atoms with Gasteiger partial charge in [-0.1, -0.05) is 12.2 Å². The van der Waals surface area contributed by atoms with E-state index in [1.54, 1.807) is 12.5 Å². The topological polar surface area (TPSA) is 54.7 Å². The van der Waals surface area contributed by atoms with Crippen LogP contribution in [0.25, 0.3) is 0 Å². The minimum absolute atomic E-state index is 0.0366. The lowest BCUT2D eigenvalue weighted by molar-refractivity contribution is 0.835. The van der Waals surface area contributed by atoms with Gasteiger partial charge in [-0.3, -0.25) is 0 Å². The SMILES string of the molecule is CC(=S)C(N)Cc1cnc[nH]1. The summed E-state index contributed by atoms with van der Waals surface area (Å²) >= 11 is 4.93. The summed E-state index contributed by atoms with van der Waals surface area (Å²) < 4.78 is 0. The Morgan fingerprint density at radius 2 is 2.64 bits per heavy atom. The Bertz CT molecular complexity index is 230. The van der Waals surface area contributed by atoms with Crippen molar-refractivity contribution < 1.29 is 0 Å². The van der Waals surface area contributed by atoms with Crippen LogP contribution in [0.15, 0.2) is 12.5 Å². The lowest BCUT2D eigenvalue weighted by atomic mass is 10.1. The van der Waals surface area contributed by atoms with Gasteiger partial charge in [0.05, 0.1) is 6.33 Å². The fraction of sp³-hybridized carbons (Fsp3) is 0.429. The molecular weight excluding hydrogens is 158 g/mol. The van der Waals surface area contributed by atoms with Gasteiger partial charge >= 0.3 is 0 Å². The molecule has 0 amide bonds. The van der Waals surface area contributed by atoms with Crippen LogP contribution in [-0.2, 0) is 6.42 Å². The minimum Gasteiger partial charge on any atom is -0.348 e. The van der Waals surface area contributed by atoms with E-state index in [0.29, 0.717) is 0 Å². The number of hydrogen-bond donors (Lipinski definition) is 2. The summed E-state index contributed by atoms with van der Waals surface area (Å²) in [5.74, 6) is 0. The van der Waals surface area contributed by atoms with Crippen LogP contribution in [0.1, 0.15) is 12.6 Å². The number of aromatic amines is 1. The van der Waals surface area contributed by atoms with Crippen LogP contribution in [0.2, 0.25) is 0 Å². The number of aromatic nitrogens is 2. The van der Waals surface area contributed by atoms with Crippen molar-refractivity contribution in [3.63, 3.8) is 0 Å². The Morgan fingerprint density at radius 1 is 1.91 bits per heavy atom. The van der Waals surface area contributed by atoms with Crippen LogP contribution in [0, 0.1) is 0 Å². The normalized spacial score (nSPS) is 12.9. The Balaban J connectivity index is 2.50. The number of nitrogens with zero attached hydrogens (tertiary/aromatic N) is 1. The average Bonchev–Trinajstić information content (AvgIpc) is 2.39. The van der Waals surface area contributed by atoms with E-state index in [1.807, 2.05) is 6.92 Å². The number of H-pyrrole nitrogens is 1. The number of imidazole rings is 1. The highest BCUT2D eigenvalue weighted by molar-refractivity contribution is 7.80. The van der Waals surface area contributed by atoms with Gasteiger partial charge in [-0.25, -0.2) is 4.98 Å². The number of rotatable bonds is 3. The van der Waals surface area contributed by atoms with E-state index in [2.05, 4.69) is 9.97 Å². The second kappa shape index (κ2) is 3.59. The van der Waals surface area contributed by atoms with Gasteiger partial charge in [-0.05, 0) is 6.92 Å². The van der Waals surface area contributed by atoms with Crippen LogP contribution in [0.3, 0.4) is 0 Å². The van der Waals surface area contributed by atoms with Gasteiger partial charge in [-0.2, -0.15) is 0 Å². The van der Waals surface area contributed by atoms with Crippen molar-refractivity contribution in [2.75, 3.05) is 0 Å². The molecule has 11 heavy (non-hydrogen) atoms. The van der Waals surface area contributed by atoms with Crippen molar-refractivity contribution in [3.05, 3.63) is 18.2 Å². The first-order valence-electron chi connectivity index (χ1n) is 3.43. The zero-order chi connectivity index (χ0) is 8.27. The molecule has 0 saturated carbocycles. The molecule has 1 unspecified atom stereocenters. The quantitative estimate of drug-likeness (QED) is 0.654. The third kappa shape index (κ3) is 2.40. The molecule has 3 N–H and O–H groups in total. The molecule has 1 atom stereocenters. The van der Waals surface area contributed by atoms with Gasteiger partial charge in [0, 0.05) is 29.2 Å². The monoisotopic (exact) mass is 169 g/mol. The summed E-state index contributed by atoms with van der Waals surface area (Å²) in [4.78, 5) is 7.69. The predicted molar refractivity (Wildman–Crippen MR) is 48.5 cm³/mol. The summed E-state index contributed by atoms with van der Waals surface area (Å²) in [6.45, 7) is 1.86. The Morgan fingerprint density at radius 3 is 3.09 bits per heavy atom. The molecule has 0 aliphatic carbocycles. The Kier molecular flexibility index (Phi) is 2.73. The van der Waals surface area contributed by atoms with Crippen molar-refractivity contribution >= 4 is 17.1 Å². The Hall–Kier alpha value is -0.740. The molecule has 0 aliphatic rings. The molecule has 0 saturated heterocycles. The molecule has 0 radical (unpaired) electrons. The molecule has 60 valence electrons. The van der Waals surface area contributed by atoms with Gasteiger partial charge in [0.1, 0.15) is 0 Å². The summed E-state index contributed by atoms with van der Waals surface area (Å²) in [5.41, 5.74) is 6.75. The molecule has 0 bridgehead atoms. The van der Waals surface area contributed by atoms with Crippen molar-refractivity contribution in [1.29, 1.82) is 0 Å². The standard InChI is InChI=1S/C7H11N3S/c1-5(11)7(8)2-6-3-9-4-10-6/h3-4,7H,2,8H2,1H3,(H,9,10). The number of thiocarbonyl (C=S) groups is 1. The molecule has 1 rings (SSSR count). The van der Waals surface area contributed by atoms with E-state index in [1.165, 1.54) is 0 Å². The van der Waals surface area contributed by atoms with E-state index in [9.17, 15) is 0 Å². The zero-order valence-corrected chi connectivity index (χ0v) is 7.19. The first-order valence-corrected chi connectivity index (χ1v) is 3.84. The van der Waals surface area contributed by atoms with Crippen LogP contribution in [0.4, 0.5) is 0 Å².